The van der Waals surface area contributed by atoms with Gasteiger partial charge in [0.2, 0.25) is 5.91 Å². The smallest absolute Gasteiger partial charge is 0.387 e. The van der Waals surface area contributed by atoms with Crippen LogP contribution in [-0.4, -0.2) is 17.6 Å². The Balaban J connectivity index is 1.92. The summed E-state index contributed by atoms with van der Waals surface area (Å²) in [6.45, 7) is -2.81. The summed E-state index contributed by atoms with van der Waals surface area (Å²) in [4.78, 5) is 11.8. The first-order chi connectivity index (χ1) is 10.5. The van der Waals surface area contributed by atoms with Crippen molar-refractivity contribution in [2.45, 2.75) is 19.6 Å². The average molecular weight is 307 g/mol. The van der Waals surface area contributed by atoms with E-state index >= 15 is 0 Å². The van der Waals surface area contributed by atoms with E-state index in [-0.39, 0.29) is 30.4 Å². The first kappa shape index (κ1) is 15.8. The van der Waals surface area contributed by atoms with Gasteiger partial charge in [0.15, 0.2) is 0 Å². The van der Waals surface area contributed by atoms with Crippen molar-refractivity contribution in [2.75, 3.05) is 0 Å². The molecular formula is C16H15F2NO3. The predicted octanol–water partition coefficient (Wildman–Crippen LogP) is 2.85. The molecule has 6 heteroatoms. The minimum absolute atomic E-state index is 0.0439. The molecule has 2 N–H and O–H groups in total. The van der Waals surface area contributed by atoms with Gasteiger partial charge in [0.1, 0.15) is 11.5 Å². The Hall–Kier alpha value is -2.63. The number of aromatic hydroxyl groups is 1. The van der Waals surface area contributed by atoms with Crippen LogP contribution in [0.3, 0.4) is 0 Å². The first-order valence-electron chi connectivity index (χ1n) is 6.62. The van der Waals surface area contributed by atoms with Crippen LogP contribution in [0.15, 0.2) is 48.5 Å². The largest absolute Gasteiger partial charge is 0.508 e. The van der Waals surface area contributed by atoms with Crippen molar-refractivity contribution in [1.82, 2.24) is 5.32 Å². The Labute approximate surface area is 126 Å². The monoisotopic (exact) mass is 307 g/mol. The van der Waals surface area contributed by atoms with Gasteiger partial charge in [-0.2, -0.15) is 8.78 Å². The predicted molar refractivity (Wildman–Crippen MR) is 76.7 cm³/mol. The number of nitrogens with one attached hydrogen (secondary N) is 1. The lowest BCUT2D eigenvalue weighted by Gasteiger charge is -2.11. The molecule has 0 radical (unpaired) electrons. The molecule has 0 heterocycles. The third kappa shape index (κ3) is 4.73. The number of hydrogen-bond donors (Lipinski definition) is 2. The van der Waals surface area contributed by atoms with Crippen molar-refractivity contribution in [2.24, 2.45) is 0 Å². The summed E-state index contributed by atoms with van der Waals surface area (Å²) in [6, 6.07) is 12.6. The lowest BCUT2D eigenvalue weighted by Crippen LogP contribution is -2.25. The summed E-state index contributed by atoms with van der Waals surface area (Å²) in [6.07, 6.45) is 0.137. The third-order valence-corrected chi connectivity index (χ3v) is 2.97. The summed E-state index contributed by atoms with van der Waals surface area (Å²) in [5.74, 6) is -0.0813. The molecule has 0 aliphatic carbocycles. The lowest BCUT2D eigenvalue weighted by molar-refractivity contribution is -0.120. The van der Waals surface area contributed by atoms with Gasteiger partial charge in [-0.3, -0.25) is 4.79 Å². The highest BCUT2D eigenvalue weighted by atomic mass is 19.3. The Morgan fingerprint density at radius 2 is 1.82 bits per heavy atom. The van der Waals surface area contributed by atoms with Gasteiger partial charge in [-0.15, -0.1) is 0 Å². The van der Waals surface area contributed by atoms with Crippen molar-refractivity contribution in [3.63, 3.8) is 0 Å². The third-order valence-electron chi connectivity index (χ3n) is 2.97. The second-order valence-corrected chi connectivity index (χ2v) is 4.61. The number of amides is 1. The van der Waals surface area contributed by atoms with Crippen LogP contribution in [0.25, 0.3) is 0 Å². The zero-order valence-electron chi connectivity index (χ0n) is 11.6. The van der Waals surface area contributed by atoms with Crippen molar-refractivity contribution in [3.8, 4) is 11.5 Å². The number of halogens is 2. The Kier molecular flexibility index (Phi) is 5.30. The molecule has 0 unspecified atom stereocenters. The van der Waals surface area contributed by atoms with E-state index in [4.69, 9.17) is 5.11 Å². The summed E-state index contributed by atoms with van der Waals surface area (Å²) in [5, 5.41) is 11.8. The number of rotatable bonds is 6. The van der Waals surface area contributed by atoms with Gasteiger partial charge < -0.3 is 15.2 Å². The minimum atomic E-state index is -2.91. The molecule has 0 aliphatic rings. The standard InChI is InChI=1S/C16H15F2NO3/c17-16(18)22-14-4-2-1-3-12(14)10-19-15(21)9-11-5-7-13(20)8-6-11/h1-8,16,20H,9-10H2,(H,19,21). The maximum atomic E-state index is 12.3. The van der Waals surface area contributed by atoms with Gasteiger partial charge >= 0.3 is 6.61 Å². The van der Waals surface area contributed by atoms with Gasteiger partial charge in [0, 0.05) is 12.1 Å². The molecule has 0 spiro atoms. The SMILES string of the molecule is O=C(Cc1ccc(O)cc1)NCc1ccccc1OC(F)F. The second-order valence-electron chi connectivity index (χ2n) is 4.61. The van der Waals surface area contributed by atoms with Crippen molar-refractivity contribution < 1.29 is 23.4 Å². The minimum Gasteiger partial charge on any atom is -0.508 e. The quantitative estimate of drug-likeness (QED) is 0.863. The highest BCUT2D eigenvalue weighted by Gasteiger charge is 2.10. The van der Waals surface area contributed by atoms with E-state index in [1.165, 1.54) is 18.2 Å². The van der Waals surface area contributed by atoms with E-state index in [2.05, 4.69) is 10.1 Å². The first-order valence-corrected chi connectivity index (χ1v) is 6.62. The molecule has 1 amide bonds. The molecule has 0 saturated carbocycles. The van der Waals surface area contributed by atoms with Crippen molar-refractivity contribution in [1.29, 1.82) is 0 Å². The summed E-state index contributed by atoms with van der Waals surface area (Å²) >= 11 is 0. The van der Waals surface area contributed by atoms with Crippen LogP contribution < -0.4 is 10.1 Å². The van der Waals surface area contributed by atoms with Crippen LogP contribution >= 0.6 is 0 Å². The Morgan fingerprint density at radius 3 is 2.50 bits per heavy atom. The van der Waals surface area contributed by atoms with E-state index in [0.29, 0.717) is 5.56 Å². The molecule has 0 aliphatic heterocycles. The molecule has 0 saturated heterocycles. The molecule has 116 valence electrons. The molecule has 0 fully saturated rings. The van der Waals surface area contributed by atoms with E-state index < -0.39 is 6.61 Å². The number of carbonyl (C=O) groups excluding carboxylic acids is 1. The van der Waals surface area contributed by atoms with Gasteiger partial charge in [-0.1, -0.05) is 30.3 Å². The van der Waals surface area contributed by atoms with E-state index in [9.17, 15) is 13.6 Å². The normalized spacial score (nSPS) is 10.5. The van der Waals surface area contributed by atoms with Gasteiger partial charge in [-0.05, 0) is 23.8 Å². The molecule has 0 bridgehead atoms. The van der Waals surface area contributed by atoms with Crippen molar-refractivity contribution in [3.05, 3.63) is 59.7 Å². The number of para-hydroxylation sites is 1. The number of alkyl halides is 2. The van der Waals surface area contributed by atoms with E-state index in [0.717, 1.165) is 5.56 Å². The zero-order valence-corrected chi connectivity index (χ0v) is 11.6. The fraction of sp³-hybridized carbons (Fsp3) is 0.188. The summed E-state index contributed by atoms with van der Waals surface area (Å²) in [7, 11) is 0. The lowest BCUT2D eigenvalue weighted by atomic mass is 10.1. The highest BCUT2D eigenvalue weighted by Crippen LogP contribution is 2.20. The number of hydrogen-bond acceptors (Lipinski definition) is 3. The number of phenols is 1. The maximum Gasteiger partial charge on any atom is 0.387 e. The van der Waals surface area contributed by atoms with Crippen molar-refractivity contribution >= 4 is 5.91 Å². The molecule has 2 rings (SSSR count). The number of carbonyl (C=O) groups is 1. The average Bonchev–Trinajstić information content (AvgIpc) is 2.48. The molecule has 0 aromatic heterocycles. The highest BCUT2D eigenvalue weighted by molar-refractivity contribution is 5.78. The molecule has 22 heavy (non-hydrogen) atoms. The van der Waals surface area contributed by atoms with Crippen LogP contribution in [0.1, 0.15) is 11.1 Å². The summed E-state index contributed by atoms with van der Waals surface area (Å²) in [5.41, 5.74) is 1.22. The van der Waals surface area contributed by atoms with E-state index in [1.807, 2.05) is 0 Å². The van der Waals surface area contributed by atoms with Crippen LogP contribution in [0.5, 0.6) is 11.5 Å². The zero-order chi connectivity index (χ0) is 15.9. The topological polar surface area (TPSA) is 58.6 Å². The fourth-order valence-electron chi connectivity index (χ4n) is 1.92. The Morgan fingerprint density at radius 1 is 1.14 bits per heavy atom. The molecule has 4 nitrogen and oxygen atoms in total. The summed E-state index contributed by atoms with van der Waals surface area (Å²) < 4.78 is 29.0. The fourth-order valence-corrected chi connectivity index (χ4v) is 1.92. The van der Waals surface area contributed by atoms with Crippen LogP contribution in [-0.2, 0) is 17.8 Å². The van der Waals surface area contributed by atoms with Crippen LogP contribution in [0, 0.1) is 0 Å². The number of phenolic OH excluding ortho intramolecular Hbond substituents is 1. The second kappa shape index (κ2) is 7.40. The molecule has 2 aromatic rings. The maximum absolute atomic E-state index is 12.3. The van der Waals surface area contributed by atoms with Gasteiger partial charge in [0.05, 0.1) is 6.42 Å². The van der Waals surface area contributed by atoms with Gasteiger partial charge in [0.25, 0.3) is 0 Å². The number of benzene rings is 2. The molecule has 0 atom stereocenters. The molecular weight excluding hydrogens is 292 g/mol. The Bertz CT molecular complexity index is 630. The van der Waals surface area contributed by atoms with Gasteiger partial charge in [-0.25, -0.2) is 0 Å². The molecule has 2 aromatic carbocycles. The number of ether oxygens (including phenoxy) is 1. The van der Waals surface area contributed by atoms with Crippen LogP contribution in [0.2, 0.25) is 0 Å². The van der Waals surface area contributed by atoms with E-state index in [1.54, 1.807) is 30.3 Å². The van der Waals surface area contributed by atoms with Crippen LogP contribution in [0.4, 0.5) is 8.78 Å².